The molecule has 1 amide bonds. The lowest BCUT2D eigenvalue weighted by molar-refractivity contribution is -0.146. The Balaban J connectivity index is 2.67. The summed E-state index contributed by atoms with van der Waals surface area (Å²) in [6.45, 7) is 2.88. The SMILES string of the molecule is CC(C)N(CC(=O)O)C(=O)COc1ccc(Br)cc1Cl. The van der Waals surface area contributed by atoms with Gasteiger partial charge in [-0.3, -0.25) is 9.59 Å². The van der Waals surface area contributed by atoms with Gasteiger partial charge >= 0.3 is 5.97 Å². The Labute approximate surface area is 130 Å². The Morgan fingerprint density at radius 3 is 2.60 bits per heavy atom. The number of carbonyl (C=O) groups is 2. The van der Waals surface area contributed by atoms with Gasteiger partial charge in [-0.05, 0) is 32.0 Å². The van der Waals surface area contributed by atoms with Crippen LogP contribution in [-0.4, -0.2) is 41.1 Å². The summed E-state index contributed by atoms with van der Waals surface area (Å²) < 4.78 is 6.13. The van der Waals surface area contributed by atoms with Crippen LogP contribution >= 0.6 is 27.5 Å². The molecule has 0 heterocycles. The van der Waals surface area contributed by atoms with Gasteiger partial charge in [0.2, 0.25) is 0 Å². The number of benzene rings is 1. The minimum absolute atomic E-state index is 0.220. The van der Waals surface area contributed by atoms with Crippen molar-refractivity contribution in [3.05, 3.63) is 27.7 Å². The summed E-state index contributed by atoms with van der Waals surface area (Å²) in [6, 6.07) is 4.81. The van der Waals surface area contributed by atoms with Crippen LogP contribution in [0.15, 0.2) is 22.7 Å². The Morgan fingerprint density at radius 1 is 1.45 bits per heavy atom. The fourth-order valence-electron chi connectivity index (χ4n) is 1.52. The van der Waals surface area contributed by atoms with Crippen molar-refractivity contribution >= 4 is 39.4 Å². The van der Waals surface area contributed by atoms with E-state index in [4.69, 9.17) is 21.4 Å². The van der Waals surface area contributed by atoms with Gasteiger partial charge in [-0.25, -0.2) is 0 Å². The number of amides is 1. The quantitative estimate of drug-likeness (QED) is 0.843. The van der Waals surface area contributed by atoms with E-state index in [2.05, 4.69) is 15.9 Å². The Bertz CT molecular complexity index is 507. The second-order valence-corrected chi connectivity index (χ2v) is 5.70. The van der Waals surface area contributed by atoms with Gasteiger partial charge in [0.25, 0.3) is 5.91 Å². The van der Waals surface area contributed by atoms with E-state index in [0.29, 0.717) is 10.8 Å². The average Bonchev–Trinajstić information content (AvgIpc) is 2.34. The third-order valence-corrected chi connectivity index (χ3v) is 3.28. The topological polar surface area (TPSA) is 66.8 Å². The second kappa shape index (κ2) is 7.50. The molecule has 0 spiro atoms. The molecule has 0 aromatic heterocycles. The molecule has 0 bridgehead atoms. The standard InChI is InChI=1S/C13H15BrClNO4/c1-8(2)16(6-13(18)19)12(17)7-20-11-4-3-9(14)5-10(11)15/h3-5,8H,6-7H2,1-2H3,(H,18,19). The Hall–Kier alpha value is -1.27. The predicted octanol–water partition coefficient (Wildman–Crippen LogP) is 2.80. The van der Waals surface area contributed by atoms with Crippen molar-refractivity contribution in [2.45, 2.75) is 19.9 Å². The molecule has 0 radical (unpaired) electrons. The average molecular weight is 365 g/mol. The van der Waals surface area contributed by atoms with Gasteiger partial charge < -0.3 is 14.7 Å². The molecular formula is C13H15BrClNO4. The molecule has 0 unspecified atom stereocenters. The fraction of sp³-hybridized carbons (Fsp3) is 0.385. The summed E-state index contributed by atoms with van der Waals surface area (Å²) in [7, 11) is 0. The highest BCUT2D eigenvalue weighted by Crippen LogP contribution is 2.27. The molecule has 1 rings (SSSR count). The largest absolute Gasteiger partial charge is 0.482 e. The lowest BCUT2D eigenvalue weighted by atomic mass is 10.3. The third kappa shape index (κ3) is 5.02. The first-order valence-corrected chi connectivity index (χ1v) is 7.07. The molecule has 1 aromatic rings. The van der Waals surface area contributed by atoms with Crippen LogP contribution in [-0.2, 0) is 9.59 Å². The lowest BCUT2D eigenvalue weighted by Gasteiger charge is -2.24. The first-order chi connectivity index (χ1) is 9.31. The minimum atomic E-state index is -1.06. The van der Waals surface area contributed by atoms with Crippen molar-refractivity contribution in [1.82, 2.24) is 4.90 Å². The van der Waals surface area contributed by atoms with E-state index in [-0.39, 0.29) is 19.2 Å². The first-order valence-electron chi connectivity index (χ1n) is 5.90. The number of rotatable bonds is 6. The second-order valence-electron chi connectivity index (χ2n) is 4.37. The van der Waals surface area contributed by atoms with E-state index >= 15 is 0 Å². The van der Waals surface area contributed by atoms with E-state index in [0.717, 1.165) is 4.47 Å². The van der Waals surface area contributed by atoms with Crippen molar-refractivity contribution in [2.75, 3.05) is 13.2 Å². The summed E-state index contributed by atoms with van der Waals surface area (Å²) in [5, 5.41) is 9.16. The molecule has 7 heteroatoms. The Morgan fingerprint density at radius 2 is 2.10 bits per heavy atom. The fourth-order valence-corrected chi connectivity index (χ4v) is 2.25. The van der Waals surface area contributed by atoms with Gasteiger partial charge in [-0.1, -0.05) is 27.5 Å². The normalized spacial score (nSPS) is 10.4. The van der Waals surface area contributed by atoms with E-state index in [1.165, 1.54) is 4.90 Å². The van der Waals surface area contributed by atoms with Crippen LogP contribution < -0.4 is 4.74 Å². The maximum Gasteiger partial charge on any atom is 0.323 e. The van der Waals surface area contributed by atoms with Gasteiger partial charge in [0.15, 0.2) is 6.61 Å². The number of ether oxygens (including phenoxy) is 1. The molecule has 1 N–H and O–H groups in total. The van der Waals surface area contributed by atoms with E-state index in [1.54, 1.807) is 32.0 Å². The maximum atomic E-state index is 12.0. The van der Waals surface area contributed by atoms with Crippen molar-refractivity contribution < 1.29 is 19.4 Å². The summed E-state index contributed by atoms with van der Waals surface area (Å²) in [4.78, 5) is 23.9. The molecule has 0 saturated heterocycles. The van der Waals surface area contributed by atoms with Crippen LogP contribution in [0.3, 0.4) is 0 Å². The molecule has 1 aromatic carbocycles. The summed E-state index contributed by atoms with van der Waals surface area (Å²) in [5.41, 5.74) is 0. The highest BCUT2D eigenvalue weighted by atomic mass is 79.9. The predicted molar refractivity (Wildman–Crippen MR) is 79.1 cm³/mol. The zero-order chi connectivity index (χ0) is 15.3. The molecule has 110 valence electrons. The van der Waals surface area contributed by atoms with Gasteiger partial charge in [0.05, 0.1) is 5.02 Å². The lowest BCUT2D eigenvalue weighted by Crippen LogP contribution is -2.43. The highest BCUT2D eigenvalue weighted by Gasteiger charge is 2.20. The number of carboxylic acid groups (broad SMARTS) is 1. The smallest absolute Gasteiger partial charge is 0.323 e. The zero-order valence-electron chi connectivity index (χ0n) is 11.1. The highest BCUT2D eigenvalue weighted by molar-refractivity contribution is 9.10. The number of aliphatic carboxylic acids is 1. The summed E-state index contributed by atoms with van der Waals surface area (Å²) in [6.07, 6.45) is 0. The van der Waals surface area contributed by atoms with E-state index in [1.807, 2.05) is 0 Å². The van der Waals surface area contributed by atoms with E-state index < -0.39 is 11.9 Å². The van der Waals surface area contributed by atoms with Gasteiger partial charge in [0.1, 0.15) is 12.3 Å². The summed E-state index contributed by atoms with van der Waals surface area (Å²) >= 11 is 9.23. The number of carboxylic acids is 1. The van der Waals surface area contributed by atoms with Crippen LogP contribution in [0.1, 0.15) is 13.8 Å². The molecule has 20 heavy (non-hydrogen) atoms. The van der Waals surface area contributed by atoms with Crippen LogP contribution in [0, 0.1) is 0 Å². The van der Waals surface area contributed by atoms with Crippen LogP contribution in [0.5, 0.6) is 5.75 Å². The van der Waals surface area contributed by atoms with Crippen molar-refractivity contribution in [3.8, 4) is 5.75 Å². The maximum absolute atomic E-state index is 12.0. The van der Waals surface area contributed by atoms with Crippen LogP contribution in [0.2, 0.25) is 5.02 Å². The number of hydrogen-bond donors (Lipinski definition) is 1. The van der Waals surface area contributed by atoms with Gasteiger partial charge in [0, 0.05) is 10.5 Å². The molecule has 0 atom stereocenters. The molecule has 0 aliphatic rings. The number of nitrogens with zero attached hydrogens (tertiary/aromatic N) is 1. The van der Waals surface area contributed by atoms with Crippen LogP contribution in [0.4, 0.5) is 0 Å². The molecule has 0 saturated carbocycles. The third-order valence-electron chi connectivity index (χ3n) is 2.49. The van der Waals surface area contributed by atoms with Crippen LogP contribution in [0.25, 0.3) is 0 Å². The van der Waals surface area contributed by atoms with Crippen molar-refractivity contribution in [2.24, 2.45) is 0 Å². The molecule has 0 fully saturated rings. The molecular weight excluding hydrogens is 350 g/mol. The van der Waals surface area contributed by atoms with Crippen molar-refractivity contribution in [1.29, 1.82) is 0 Å². The van der Waals surface area contributed by atoms with Gasteiger partial charge in [-0.2, -0.15) is 0 Å². The van der Waals surface area contributed by atoms with Gasteiger partial charge in [-0.15, -0.1) is 0 Å². The van der Waals surface area contributed by atoms with E-state index in [9.17, 15) is 9.59 Å². The molecule has 0 aliphatic heterocycles. The number of carbonyl (C=O) groups excluding carboxylic acids is 1. The number of hydrogen-bond acceptors (Lipinski definition) is 3. The Kier molecular flexibility index (Phi) is 6.29. The number of halogens is 2. The zero-order valence-corrected chi connectivity index (χ0v) is 13.4. The monoisotopic (exact) mass is 363 g/mol. The first kappa shape index (κ1) is 16.8. The molecule has 5 nitrogen and oxygen atoms in total. The van der Waals surface area contributed by atoms with Crippen molar-refractivity contribution in [3.63, 3.8) is 0 Å². The molecule has 0 aliphatic carbocycles. The minimum Gasteiger partial charge on any atom is -0.482 e. The summed E-state index contributed by atoms with van der Waals surface area (Å²) in [5.74, 6) is -1.09.